The summed E-state index contributed by atoms with van der Waals surface area (Å²) in [4.78, 5) is 73.2. The summed E-state index contributed by atoms with van der Waals surface area (Å²) in [5.74, 6) is -1.08. The zero-order valence-corrected chi connectivity index (χ0v) is 19.2. The molecule has 1 rings (SSSR count). The Labute approximate surface area is 178 Å². The van der Waals surface area contributed by atoms with Gasteiger partial charge in [0.25, 0.3) is 6.47 Å². The normalized spacial score (nSPS) is 20.5. The maximum absolute atomic E-state index is 12.6. The van der Waals surface area contributed by atoms with Gasteiger partial charge in [0, 0.05) is 39.3 Å². The first-order chi connectivity index (χ1) is 14.1. The van der Waals surface area contributed by atoms with Gasteiger partial charge in [0.05, 0.1) is 19.0 Å². The smallest absolute Gasteiger partial charge is 0.341 e. The molecule has 0 saturated carbocycles. The van der Waals surface area contributed by atoms with Gasteiger partial charge in [0.15, 0.2) is 5.40 Å². The van der Waals surface area contributed by atoms with Crippen LogP contribution in [0.25, 0.3) is 0 Å². The lowest BCUT2D eigenvalue weighted by Crippen LogP contribution is -2.39. The Morgan fingerprint density at radius 2 is 1.32 bits per heavy atom. The van der Waals surface area contributed by atoms with Gasteiger partial charge >= 0.3 is 21.2 Å². The lowest BCUT2D eigenvalue weighted by atomic mass is 10.4. The van der Waals surface area contributed by atoms with Crippen LogP contribution in [-0.2, 0) is 28.0 Å². The molecule has 18 heteroatoms. The largest absolute Gasteiger partial charge is 0.480 e. The zero-order valence-electron chi connectivity index (χ0n) is 16.5. The molecule has 1 aliphatic heterocycles. The standard InChI is InChI=1S/C13H28N3O12P3/c17-11-28-9-15-3-1-14(7-12(18)19)2-5-16(6-4-15)10-29(20,21)8-13(30(22,23)24)31(25,26)27/h11,13H,1-10H2,(H,18,19)(H,20,21)(H2,22,23,24)(H2,25,26,27). The van der Waals surface area contributed by atoms with Crippen molar-refractivity contribution in [2.24, 2.45) is 0 Å². The maximum atomic E-state index is 12.6. The third-order valence-corrected chi connectivity index (χ3v) is 10.6. The van der Waals surface area contributed by atoms with Gasteiger partial charge in [-0.2, -0.15) is 0 Å². The van der Waals surface area contributed by atoms with E-state index in [9.17, 15) is 47.8 Å². The minimum Gasteiger partial charge on any atom is -0.480 e. The van der Waals surface area contributed by atoms with Crippen LogP contribution in [0.1, 0.15) is 0 Å². The molecule has 1 atom stereocenters. The molecule has 1 unspecified atom stereocenters. The van der Waals surface area contributed by atoms with E-state index in [1.807, 2.05) is 0 Å². The highest BCUT2D eigenvalue weighted by Gasteiger charge is 2.47. The second-order valence-electron chi connectivity index (χ2n) is 7.13. The molecule has 1 fully saturated rings. The lowest BCUT2D eigenvalue weighted by molar-refractivity contribution is -0.138. The van der Waals surface area contributed by atoms with Gasteiger partial charge in [-0.25, -0.2) is 0 Å². The Morgan fingerprint density at radius 3 is 1.74 bits per heavy atom. The molecule has 1 saturated heterocycles. The van der Waals surface area contributed by atoms with E-state index in [0.29, 0.717) is 13.1 Å². The Bertz CT molecular complexity index is 733. The monoisotopic (exact) mass is 511 g/mol. The molecule has 0 radical (unpaired) electrons. The summed E-state index contributed by atoms with van der Waals surface area (Å²) in [6, 6.07) is 0. The van der Waals surface area contributed by atoms with Crippen molar-refractivity contribution in [2.75, 3.05) is 65.0 Å². The fourth-order valence-electron chi connectivity index (χ4n) is 2.97. The third kappa shape index (κ3) is 11.1. The first-order valence-electron chi connectivity index (χ1n) is 8.99. The Morgan fingerprint density at radius 1 is 0.871 bits per heavy atom. The van der Waals surface area contributed by atoms with Crippen molar-refractivity contribution >= 4 is 35.0 Å². The molecule has 0 amide bonds. The molecule has 0 aromatic carbocycles. The first kappa shape index (κ1) is 28.3. The average molecular weight is 511 g/mol. The number of carboxylic acids is 1. The highest BCUT2D eigenvalue weighted by Crippen LogP contribution is 2.64. The number of aliphatic carboxylic acids is 1. The predicted octanol–water partition coefficient (Wildman–Crippen LogP) is -1.97. The Balaban J connectivity index is 2.96. The summed E-state index contributed by atoms with van der Waals surface area (Å²) < 4.78 is 40.2. The third-order valence-electron chi connectivity index (χ3n) is 4.53. The Kier molecular flexibility index (Phi) is 10.9. The minimum absolute atomic E-state index is 0.0898. The predicted molar refractivity (Wildman–Crippen MR) is 107 cm³/mol. The van der Waals surface area contributed by atoms with E-state index in [4.69, 9.17) is 9.84 Å². The topological polar surface area (TPSA) is 226 Å². The van der Waals surface area contributed by atoms with E-state index in [1.165, 1.54) is 4.90 Å². The van der Waals surface area contributed by atoms with Crippen molar-refractivity contribution in [1.29, 1.82) is 0 Å². The van der Waals surface area contributed by atoms with Gasteiger partial charge in [-0.3, -0.25) is 38.0 Å². The van der Waals surface area contributed by atoms with Gasteiger partial charge in [0.2, 0.25) is 7.37 Å². The molecule has 1 aliphatic rings. The van der Waals surface area contributed by atoms with E-state index in [0.717, 1.165) is 0 Å². The van der Waals surface area contributed by atoms with E-state index in [2.05, 4.69) is 0 Å². The van der Waals surface area contributed by atoms with Crippen molar-refractivity contribution in [3.05, 3.63) is 0 Å². The number of carbonyl (C=O) groups is 2. The van der Waals surface area contributed by atoms with E-state index in [-0.39, 0.29) is 45.9 Å². The molecule has 0 aliphatic carbocycles. The van der Waals surface area contributed by atoms with Gasteiger partial charge in [-0.05, 0) is 0 Å². The average Bonchev–Trinajstić information content (AvgIpc) is 2.68. The molecule has 0 aromatic rings. The van der Waals surface area contributed by atoms with Crippen LogP contribution in [0, 0.1) is 0 Å². The molecular weight excluding hydrogens is 483 g/mol. The van der Waals surface area contributed by atoms with Crippen LogP contribution in [0.3, 0.4) is 0 Å². The van der Waals surface area contributed by atoms with Crippen molar-refractivity contribution < 1.29 is 57.6 Å². The molecule has 0 aromatic heterocycles. The summed E-state index contributed by atoms with van der Waals surface area (Å²) in [6.07, 6.45) is -1.90. The summed E-state index contributed by atoms with van der Waals surface area (Å²) in [6.45, 7) is 1.25. The maximum Gasteiger partial charge on any atom is 0.341 e. The quantitative estimate of drug-likeness (QED) is 0.131. The number of carboxylic acid groups (broad SMARTS) is 1. The van der Waals surface area contributed by atoms with Crippen LogP contribution in [0.15, 0.2) is 0 Å². The fourth-order valence-corrected chi connectivity index (χ4v) is 9.31. The van der Waals surface area contributed by atoms with Crippen molar-refractivity contribution in [3.63, 3.8) is 0 Å². The van der Waals surface area contributed by atoms with Gasteiger partial charge < -0.3 is 34.3 Å². The summed E-state index contributed by atoms with van der Waals surface area (Å²) in [5, 5.41) is 6.43. The summed E-state index contributed by atoms with van der Waals surface area (Å²) in [5.41, 5.74) is 0. The van der Waals surface area contributed by atoms with E-state index in [1.54, 1.807) is 9.80 Å². The number of ether oxygens (including phenoxy) is 1. The first-order valence-corrected chi connectivity index (χ1v) is 14.4. The molecule has 0 bridgehead atoms. The van der Waals surface area contributed by atoms with Crippen LogP contribution in [0.4, 0.5) is 0 Å². The molecule has 1 heterocycles. The molecule has 15 nitrogen and oxygen atoms in total. The van der Waals surface area contributed by atoms with Crippen LogP contribution in [-0.4, -0.2) is 127 Å². The number of hydrogen-bond acceptors (Lipinski definition) is 9. The number of rotatable bonds is 11. The second kappa shape index (κ2) is 12.0. The minimum atomic E-state index is -5.36. The molecule has 0 spiro atoms. The molecule has 182 valence electrons. The number of carbonyl (C=O) groups excluding carboxylic acids is 1. The molecule has 6 N–H and O–H groups in total. The van der Waals surface area contributed by atoms with Crippen molar-refractivity contribution in [1.82, 2.24) is 14.7 Å². The highest BCUT2D eigenvalue weighted by atomic mass is 31.2. The van der Waals surface area contributed by atoms with Crippen LogP contribution >= 0.6 is 22.6 Å². The zero-order chi connectivity index (χ0) is 23.9. The SMILES string of the molecule is O=COCN1CCN(CC(=O)O)CCN(CP(=O)(O)CC(P(=O)(O)O)P(=O)(O)O)CC1. The van der Waals surface area contributed by atoms with Crippen molar-refractivity contribution in [2.45, 2.75) is 5.40 Å². The van der Waals surface area contributed by atoms with E-state index < -0.39 is 46.4 Å². The van der Waals surface area contributed by atoms with Gasteiger partial charge in [-0.15, -0.1) is 0 Å². The van der Waals surface area contributed by atoms with Crippen LogP contribution in [0.5, 0.6) is 0 Å². The van der Waals surface area contributed by atoms with Gasteiger partial charge in [-0.1, -0.05) is 0 Å². The van der Waals surface area contributed by atoms with E-state index >= 15 is 0 Å². The van der Waals surface area contributed by atoms with Crippen molar-refractivity contribution in [3.8, 4) is 0 Å². The lowest BCUT2D eigenvalue weighted by Gasteiger charge is -2.29. The molecular formula is C13H28N3O12P3. The fraction of sp³-hybridized carbons (Fsp3) is 0.846. The Hall–Kier alpha value is -0.690. The summed E-state index contributed by atoms with van der Waals surface area (Å²) >= 11 is 0. The van der Waals surface area contributed by atoms with Crippen LogP contribution in [0.2, 0.25) is 0 Å². The molecule has 31 heavy (non-hydrogen) atoms. The van der Waals surface area contributed by atoms with Gasteiger partial charge in [0.1, 0.15) is 6.73 Å². The summed E-state index contributed by atoms with van der Waals surface area (Å²) in [7, 11) is -15.2. The number of hydrogen-bond donors (Lipinski definition) is 6. The number of nitrogens with zero attached hydrogens (tertiary/aromatic N) is 3. The van der Waals surface area contributed by atoms with Crippen LogP contribution < -0.4 is 0 Å². The highest BCUT2D eigenvalue weighted by molar-refractivity contribution is 7.72. The second-order valence-corrected chi connectivity index (χ2v) is 13.5.